The van der Waals surface area contributed by atoms with Gasteiger partial charge in [0.2, 0.25) is 0 Å². The van der Waals surface area contributed by atoms with Crippen molar-refractivity contribution in [2.45, 2.75) is 32.0 Å². The Balaban J connectivity index is 2.42. The molecule has 2 aromatic rings. The Morgan fingerprint density at radius 3 is 2.90 bits per heavy atom. The van der Waals surface area contributed by atoms with E-state index in [0.29, 0.717) is 0 Å². The van der Waals surface area contributed by atoms with Gasteiger partial charge in [-0.25, -0.2) is 4.98 Å². The second-order valence-electron chi connectivity index (χ2n) is 4.95. The smallest absolute Gasteiger partial charge is 0.313 e. The van der Waals surface area contributed by atoms with Crippen LogP contribution in [-0.4, -0.2) is 37.9 Å². The molecule has 0 fully saturated rings. The summed E-state index contributed by atoms with van der Waals surface area (Å²) in [5, 5.41) is 9.70. The predicted molar refractivity (Wildman–Crippen MR) is 90.5 cm³/mol. The first-order valence-corrected chi connectivity index (χ1v) is 9.08. The van der Waals surface area contributed by atoms with Gasteiger partial charge in [-0.15, -0.1) is 0 Å². The zero-order chi connectivity index (χ0) is 15.4. The predicted octanol–water partition coefficient (Wildman–Crippen LogP) is 3.84. The van der Waals surface area contributed by atoms with E-state index in [-0.39, 0.29) is 11.8 Å². The lowest BCUT2D eigenvalue weighted by molar-refractivity contribution is -0.133. The van der Waals surface area contributed by atoms with E-state index in [1.54, 1.807) is 0 Å². The van der Waals surface area contributed by atoms with E-state index in [0.717, 1.165) is 27.7 Å². The van der Waals surface area contributed by atoms with Crippen LogP contribution in [0.1, 0.15) is 25.5 Å². The summed E-state index contributed by atoms with van der Waals surface area (Å²) in [5.74, 6) is 1.30. The molecule has 4 nitrogen and oxygen atoms in total. The number of aromatic nitrogens is 2. The second kappa shape index (κ2) is 7.22. The molecule has 0 aliphatic rings. The van der Waals surface area contributed by atoms with Crippen molar-refractivity contribution < 1.29 is 9.90 Å². The first-order chi connectivity index (χ1) is 10.0. The number of aryl methyl sites for hydroxylation is 1. The number of aliphatic carboxylic acids is 1. The summed E-state index contributed by atoms with van der Waals surface area (Å²) >= 11 is 3.18. The number of nitrogens with zero attached hydrogens (tertiary/aromatic N) is 2. The molecule has 0 saturated heterocycles. The zero-order valence-corrected chi connectivity index (χ0v) is 14.1. The van der Waals surface area contributed by atoms with E-state index in [1.165, 1.54) is 17.3 Å². The molecule has 0 bridgehead atoms. The van der Waals surface area contributed by atoms with Crippen molar-refractivity contribution in [3.8, 4) is 0 Å². The molecule has 6 heteroatoms. The molecule has 2 rings (SSSR count). The zero-order valence-electron chi connectivity index (χ0n) is 12.5. The Morgan fingerprint density at radius 2 is 2.24 bits per heavy atom. The molecule has 0 spiro atoms. The summed E-state index contributed by atoms with van der Waals surface area (Å²) in [6, 6.07) is 6.46. The molecule has 1 heterocycles. The number of hydrogen-bond acceptors (Lipinski definition) is 4. The average Bonchev–Trinajstić information content (AvgIpc) is 2.80. The van der Waals surface area contributed by atoms with Crippen LogP contribution in [0.15, 0.2) is 23.4 Å². The SMILES string of the molecule is CCSCC(C)n1c(SCC(=O)O)nc2ccc(C)cc21. The molecule has 1 atom stereocenters. The van der Waals surface area contributed by atoms with Gasteiger partial charge in [-0.05, 0) is 37.3 Å². The topological polar surface area (TPSA) is 55.1 Å². The molecule has 0 aliphatic heterocycles. The van der Waals surface area contributed by atoms with Crippen molar-refractivity contribution in [1.29, 1.82) is 0 Å². The van der Waals surface area contributed by atoms with Gasteiger partial charge in [0.15, 0.2) is 5.16 Å². The normalized spacial score (nSPS) is 12.7. The van der Waals surface area contributed by atoms with Crippen LogP contribution >= 0.6 is 23.5 Å². The van der Waals surface area contributed by atoms with Gasteiger partial charge < -0.3 is 9.67 Å². The van der Waals surface area contributed by atoms with E-state index in [9.17, 15) is 4.79 Å². The maximum absolute atomic E-state index is 10.8. The lowest BCUT2D eigenvalue weighted by atomic mass is 10.2. The highest BCUT2D eigenvalue weighted by Crippen LogP contribution is 2.29. The fourth-order valence-electron chi connectivity index (χ4n) is 2.20. The molecule has 1 unspecified atom stereocenters. The quantitative estimate of drug-likeness (QED) is 0.784. The Hall–Kier alpha value is -1.14. The summed E-state index contributed by atoms with van der Waals surface area (Å²) < 4.78 is 2.18. The number of benzene rings is 1. The van der Waals surface area contributed by atoms with Gasteiger partial charge in [0.1, 0.15) is 0 Å². The Labute approximate surface area is 133 Å². The number of carboxylic acids is 1. The minimum atomic E-state index is -0.814. The highest BCUT2D eigenvalue weighted by molar-refractivity contribution is 7.99. The van der Waals surface area contributed by atoms with Crippen molar-refractivity contribution >= 4 is 40.5 Å². The molecule has 114 valence electrons. The summed E-state index contributed by atoms with van der Waals surface area (Å²) in [6.45, 7) is 6.37. The molecule has 0 saturated carbocycles. The standard InChI is InChI=1S/C15H20N2O2S2/c1-4-20-8-11(3)17-13-7-10(2)5-6-12(13)16-15(17)21-9-14(18)19/h5-7,11H,4,8-9H2,1-3H3,(H,18,19). The van der Waals surface area contributed by atoms with E-state index in [2.05, 4.69) is 36.4 Å². The van der Waals surface area contributed by atoms with Gasteiger partial charge in [0.25, 0.3) is 0 Å². The lowest BCUT2D eigenvalue weighted by Crippen LogP contribution is -2.10. The van der Waals surface area contributed by atoms with Crippen LogP contribution in [0, 0.1) is 6.92 Å². The average molecular weight is 324 g/mol. The molecular weight excluding hydrogens is 304 g/mol. The number of carbonyl (C=O) groups is 1. The van der Waals surface area contributed by atoms with Crippen LogP contribution in [0.2, 0.25) is 0 Å². The van der Waals surface area contributed by atoms with Crippen molar-refractivity contribution in [1.82, 2.24) is 9.55 Å². The number of hydrogen-bond donors (Lipinski definition) is 1. The summed E-state index contributed by atoms with van der Waals surface area (Å²) in [7, 11) is 0. The first kappa shape index (κ1) is 16.2. The van der Waals surface area contributed by atoms with Crippen LogP contribution in [0.25, 0.3) is 11.0 Å². The maximum atomic E-state index is 10.8. The molecule has 1 aromatic carbocycles. The highest BCUT2D eigenvalue weighted by atomic mass is 32.2. The molecule has 0 radical (unpaired) electrons. The molecule has 21 heavy (non-hydrogen) atoms. The third kappa shape index (κ3) is 3.95. The fraction of sp³-hybridized carbons (Fsp3) is 0.467. The third-order valence-corrected chi connectivity index (χ3v) is 5.21. The van der Waals surface area contributed by atoms with Gasteiger partial charge in [-0.1, -0.05) is 24.8 Å². The van der Waals surface area contributed by atoms with Crippen LogP contribution in [-0.2, 0) is 4.79 Å². The van der Waals surface area contributed by atoms with Gasteiger partial charge in [-0.2, -0.15) is 11.8 Å². The molecule has 1 aromatic heterocycles. The minimum absolute atomic E-state index is 0.0376. The van der Waals surface area contributed by atoms with E-state index in [1.807, 2.05) is 23.9 Å². The van der Waals surface area contributed by atoms with Crippen LogP contribution in [0.5, 0.6) is 0 Å². The molecule has 0 amide bonds. The Bertz CT molecular complexity index is 640. The van der Waals surface area contributed by atoms with Gasteiger partial charge in [0, 0.05) is 11.8 Å². The van der Waals surface area contributed by atoms with Crippen molar-refractivity contribution in [3.63, 3.8) is 0 Å². The number of carboxylic acid groups (broad SMARTS) is 1. The number of imidazole rings is 1. The number of rotatable bonds is 7. The monoisotopic (exact) mass is 324 g/mol. The van der Waals surface area contributed by atoms with Crippen LogP contribution in [0.3, 0.4) is 0 Å². The maximum Gasteiger partial charge on any atom is 0.313 e. The van der Waals surface area contributed by atoms with Crippen molar-refractivity contribution in [2.24, 2.45) is 0 Å². The summed E-state index contributed by atoms with van der Waals surface area (Å²) in [4.78, 5) is 15.4. The first-order valence-electron chi connectivity index (χ1n) is 6.93. The van der Waals surface area contributed by atoms with E-state index >= 15 is 0 Å². The fourth-order valence-corrected chi connectivity index (χ4v) is 3.76. The molecule has 1 N–H and O–H groups in total. The summed E-state index contributed by atoms with van der Waals surface area (Å²) in [6.07, 6.45) is 0. The summed E-state index contributed by atoms with van der Waals surface area (Å²) in [5.41, 5.74) is 3.21. The Kier molecular flexibility index (Phi) is 5.58. The lowest BCUT2D eigenvalue weighted by Gasteiger charge is -2.16. The Morgan fingerprint density at radius 1 is 1.48 bits per heavy atom. The minimum Gasteiger partial charge on any atom is -0.481 e. The van der Waals surface area contributed by atoms with Crippen LogP contribution in [0.4, 0.5) is 0 Å². The van der Waals surface area contributed by atoms with Gasteiger partial charge in [-0.3, -0.25) is 4.79 Å². The molecule has 0 aliphatic carbocycles. The largest absolute Gasteiger partial charge is 0.481 e. The van der Waals surface area contributed by atoms with Gasteiger partial charge in [0.05, 0.1) is 16.8 Å². The molecular formula is C15H20N2O2S2. The van der Waals surface area contributed by atoms with Crippen molar-refractivity contribution in [2.75, 3.05) is 17.3 Å². The number of fused-ring (bicyclic) bond motifs is 1. The van der Waals surface area contributed by atoms with Crippen molar-refractivity contribution in [3.05, 3.63) is 23.8 Å². The van der Waals surface area contributed by atoms with Gasteiger partial charge >= 0.3 is 5.97 Å². The highest BCUT2D eigenvalue weighted by Gasteiger charge is 2.17. The second-order valence-corrected chi connectivity index (χ2v) is 7.21. The third-order valence-electron chi connectivity index (χ3n) is 3.14. The van der Waals surface area contributed by atoms with Crippen LogP contribution < -0.4 is 0 Å². The van der Waals surface area contributed by atoms with E-state index in [4.69, 9.17) is 5.11 Å². The van der Waals surface area contributed by atoms with E-state index < -0.39 is 5.97 Å². The number of thioether (sulfide) groups is 2.